The van der Waals surface area contributed by atoms with Gasteiger partial charge in [-0.2, -0.15) is 0 Å². The van der Waals surface area contributed by atoms with Crippen LogP contribution in [0, 0.1) is 0 Å². The zero-order chi connectivity index (χ0) is 15.1. The Morgan fingerprint density at radius 3 is 2.57 bits per heavy atom. The van der Waals surface area contributed by atoms with E-state index < -0.39 is 0 Å². The van der Waals surface area contributed by atoms with Crippen molar-refractivity contribution in [2.75, 3.05) is 18.2 Å². The number of hydrogen-bond donors (Lipinski definition) is 1. The minimum absolute atomic E-state index is 0.347. The van der Waals surface area contributed by atoms with Crippen LogP contribution in [0.25, 0.3) is 0 Å². The van der Waals surface area contributed by atoms with E-state index in [-0.39, 0.29) is 0 Å². The van der Waals surface area contributed by atoms with Gasteiger partial charge in [0, 0.05) is 16.6 Å². The van der Waals surface area contributed by atoms with Crippen LogP contribution in [-0.4, -0.2) is 18.9 Å². The van der Waals surface area contributed by atoms with Crippen LogP contribution in [0.4, 0.5) is 5.69 Å². The Balaban J connectivity index is 2.06. The van der Waals surface area contributed by atoms with E-state index in [1.807, 2.05) is 23.9 Å². The molecule has 3 heteroatoms. The number of para-hydroxylation sites is 2. The lowest BCUT2D eigenvalue weighted by Gasteiger charge is -2.19. The molecule has 0 heterocycles. The molecule has 2 aromatic carbocycles. The van der Waals surface area contributed by atoms with Crippen LogP contribution < -0.4 is 10.1 Å². The second kappa shape index (κ2) is 7.99. The summed E-state index contributed by atoms with van der Waals surface area (Å²) in [4.78, 5) is 1.31. The highest BCUT2D eigenvalue weighted by atomic mass is 32.2. The van der Waals surface area contributed by atoms with E-state index in [2.05, 4.69) is 55.6 Å². The van der Waals surface area contributed by atoms with Gasteiger partial charge in [-0.25, -0.2) is 0 Å². The van der Waals surface area contributed by atoms with Crippen LogP contribution in [0.15, 0.2) is 53.4 Å². The summed E-state index contributed by atoms with van der Waals surface area (Å²) < 4.78 is 5.43. The first-order valence-corrected chi connectivity index (χ1v) is 8.33. The highest BCUT2D eigenvalue weighted by Gasteiger charge is 2.09. The van der Waals surface area contributed by atoms with E-state index in [1.165, 1.54) is 16.1 Å². The van der Waals surface area contributed by atoms with Gasteiger partial charge in [0.05, 0.1) is 7.11 Å². The summed E-state index contributed by atoms with van der Waals surface area (Å²) >= 11 is 1.87. The Labute approximate surface area is 131 Å². The normalized spacial score (nSPS) is 12.0. The lowest BCUT2D eigenvalue weighted by molar-refractivity contribution is 0.409. The van der Waals surface area contributed by atoms with Crippen LogP contribution in [-0.2, 0) is 6.42 Å². The molecular weight excluding hydrogens is 278 g/mol. The highest BCUT2D eigenvalue weighted by molar-refractivity contribution is 7.99. The van der Waals surface area contributed by atoms with Gasteiger partial charge in [0.15, 0.2) is 0 Å². The summed E-state index contributed by atoms with van der Waals surface area (Å²) in [5, 5.41) is 3.62. The summed E-state index contributed by atoms with van der Waals surface area (Å²) in [5.74, 6) is 2.04. The van der Waals surface area contributed by atoms with Gasteiger partial charge in [-0.1, -0.05) is 37.3 Å². The number of rotatable bonds is 7. The lowest BCUT2D eigenvalue weighted by Crippen LogP contribution is -2.18. The van der Waals surface area contributed by atoms with Gasteiger partial charge in [0.1, 0.15) is 5.75 Å². The third-order valence-electron chi connectivity index (χ3n) is 3.31. The molecular formula is C18H23NOS. The summed E-state index contributed by atoms with van der Waals surface area (Å²) in [7, 11) is 1.73. The summed E-state index contributed by atoms with van der Waals surface area (Å²) in [6, 6.07) is 17.1. The van der Waals surface area contributed by atoms with E-state index in [0.717, 1.165) is 17.9 Å². The first-order valence-electron chi connectivity index (χ1n) is 7.34. The van der Waals surface area contributed by atoms with Gasteiger partial charge in [-0.05, 0) is 42.9 Å². The Morgan fingerprint density at radius 1 is 1.10 bits per heavy atom. The molecule has 0 fully saturated rings. The van der Waals surface area contributed by atoms with Crippen molar-refractivity contribution >= 4 is 17.4 Å². The van der Waals surface area contributed by atoms with E-state index in [4.69, 9.17) is 4.74 Å². The maximum atomic E-state index is 5.43. The minimum Gasteiger partial charge on any atom is -0.496 e. The molecule has 0 aliphatic rings. The van der Waals surface area contributed by atoms with Gasteiger partial charge in [0.2, 0.25) is 0 Å². The zero-order valence-corrected chi connectivity index (χ0v) is 13.7. The molecule has 0 spiro atoms. The van der Waals surface area contributed by atoms with Crippen molar-refractivity contribution in [2.45, 2.75) is 31.2 Å². The fraction of sp³-hybridized carbons (Fsp3) is 0.333. The third kappa shape index (κ3) is 4.43. The zero-order valence-electron chi connectivity index (χ0n) is 12.9. The summed E-state index contributed by atoms with van der Waals surface area (Å²) in [6.07, 6.45) is 0.940. The minimum atomic E-state index is 0.347. The molecule has 112 valence electrons. The lowest BCUT2D eigenvalue weighted by atomic mass is 10.1. The topological polar surface area (TPSA) is 21.3 Å². The fourth-order valence-corrected chi connectivity index (χ4v) is 3.15. The molecule has 0 amide bonds. The van der Waals surface area contributed by atoms with Gasteiger partial charge in [0.25, 0.3) is 0 Å². The second-order valence-electron chi connectivity index (χ2n) is 4.99. The summed E-state index contributed by atoms with van der Waals surface area (Å²) in [5.41, 5.74) is 2.45. The molecule has 1 N–H and O–H groups in total. The van der Waals surface area contributed by atoms with Crippen molar-refractivity contribution in [1.82, 2.24) is 0 Å². The van der Waals surface area contributed by atoms with Gasteiger partial charge < -0.3 is 10.1 Å². The monoisotopic (exact) mass is 301 g/mol. The Hall–Kier alpha value is -1.61. The molecule has 2 aromatic rings. The average molecular weight is 301 g/mol. The molecule has 1 unspecified atom stereocenters. The number of nitrogens with one attached hydrogen (secondary N) is 1. The van der Waals surface area contributed by atoms with Crippen LogP contribution >= 0.6 is 11.8 Å². The maximum Gasteiger partial charge on any atom is 0.122 e. The largest absolute Gasteiger partial charge is 0.496 e. The maximum absolute atomic E-state index is 5.43. The third-order valence-corrected chi connectivity index (χ3v) is 4.26. The number of thioether (sulfide) groups is 1. The molecule has 0 bridgehead atoms. The van der Waals surface area contributed by atoms with Crippen molar-refractivity contribution < 1.29 is 4.74 Å². The molecule has 1 atom stereocenters. The van der Waals surface area contributed by atoms with Crippen molar-refractivity contribution in [3.63, 3.8) is 0 Å². The SMILES string of the molecule is CCSc1ccccc1NC(C)Cc1ccccc1OC. The van der Waals surface area contributed by atoms with Crippen molar-refractivity contribution in [1.29, 1.82) is 0 Å². The molecule has 0 aliphatic heterocycles. The smallest absolute Gasteiger partial charge is 0.122 e. The van der Waals surface area contributed by atoms with Crippen molar-refractivity contribution in [2.24, 2.45) is 0 Å². The van der Waals surface area contributed by atoms with Crippen molar-refractivity contribution in [3.8, 4) is 5.75 Å². The van der Waals surface area contributed by atoms with Crippen LogP contribution in [0.2, 0.25) is 0 Å². The van der Waals surface area contributed by atoms with E-state index in [0.29, 0.717) is 6.04 Å². The van der Waals surface area contributed by atoms with Gasteiger partial charge in [-0.3, -0.25) is 0 Å². The first-order chi connectivity index (χ1) is 10.2. The van der Waals surface area contributed by atoms with Crippen LogP contribution in [0.3, 0.4) is 0 Å². The predicted molar refractivity (Wildman–Crippen MR) is 92.6 cm³/mol. The fourth-order valence-electron chi connectivity index (χ4n) is 2.39. The first kappa shape index (κ1) is 15.8. The number of benzene rings is 2. The van der Waals surface area contributed by atoms with E-state index in [9.17, 15) is 0 Å². The molecule has 0 saturated carbocycles. The van der Waals surface area contributed by atoms with Crippen LogP contribution in [0.1, 0.15) is 19.4 Å². The molecule has 2 rings (SSSR count). The predicted octanol–water partition coefficient (Wildman–Crippen LogP) is 4.85. The molecule has 0 aliphatic carbocycles. The number of hydrogen-bond acceptors (Lipinski definition) is 3. The summed E-state index contributed by atoms with van der Waals surface area (Å²) in [6.45, 7) is 4.39. The number of ether oxygens (including phenoxy) is 1. The Bertz CT molecular complexity index is 571. The average Bonchev–Trinajstić information content (AvgIpc) is 2.50. The van der Waals surface area contributed by atoms with E-state index in [1.54, 1.807) is 7.11 Å². The molecule has 0 saturated heterocycles. The molecule has 2 nitrogen and oxygen atoms in total. The standard InChI is InChI=1S/C18H23NOS/c1-4-21-18-12-8-6-10-16(18)19-14(2)13-15-9-5-7-11-17(15)20-3/h5-12,14,19H,4,13H2,1-3H3. The number of anilines is 1. The number of methoxy groups -OCH3 is 1. The Morgan fingerprint density at radius 2 is 1.81 bits per heavy atom. The van der Waals surface area contributed by atoms with Crippen LogP contribution in [0.5, 0.6) is 5.75 Å². The highest BCUT2D eigenvalue weighted by Crippen LogP contribution is 2.28. The second-order valence-corrected chi connectivity index (χ2v) is 6.30. The Kier molecular flexibility index (Phi) is 6.00. The van der Waals surface area contributed by atoms with E-state index >= 15 is 0 Å². The van der Waals surface area contributed by atoms with Gasteiger partial charge >= 0.3 is 0 Å². The quantitative estimate of drug-likeness (QED) is 0.739. The molecule has 0 radical (unpaired) electrons. The molecule has 21 heavy (non-hydrogen) atoms. The van der Waals surface area contributed by atoms with Crippen molar-refractivity contribution in [3.05, 3.63) is 54.1 Å². The molecule has 0 aromatic heterocycles. The van der Waals surface area contributed by atoms with Gasteiger partial charge in [-0.15, -0.1) is 11.8 Å².